The molecule has 48 heavy (non-hydrogen) atoms. The summed E-state index contributed by atoms with van der Waals surface area (Å²) < 4.78 is 10.5. The van der Waals surface area contributed by atoms with Gasteiger partial charge in [-0.1, -0.05) is 150 Å². The normalized spacial score (nSPS) is 13.1. The van der Waals surface area contributed by atoms with Gasteiger partial charge in [-0.05, 0) is 77.0 Å². The molecule has 1 atom stereocenters. The Labute approximate surface area is 295 Å². The van der Waals surface area contributed by atoms with Crippen molar-refractivity contribution in [2.75, 3.05) is 13.2 Å². The number of esters is 2. The van der Waals surface area contributed by atoms with Gasteiger partial charge in [0.15, 0.2) is 6.10 Å². The highest BCUT2D eigenvalue weighted by molar-refractivity contribution is 5.70. The van der Waals surface area contributed by atoms with Crippen molar-refractivity contribution >= 4 is 11.9 Å². The van der Waals surface area contributed by atoms with E-state index in [9.17, 15) is 14.7 Å². The zero-order valence-electron chi connectivity index (χ0n) is 30.7. The van der Waals surface area contributed by atoms with E-state index in [1.807, 2.05) is 12.2 Å². The minimum atomic E-state index is -0.819. The smallest absolute Gasteiger partial charge is 0.306 e. The fourth-order valence-electron chi connectivity index (χ4n) is 4.81. The highest BCUT2D eigenvalue weighted by atomic mass is 16.6. The second kappa shape index (κ2) is 38.5. The van der Waals surface area contributed by atoms with E-state index in [2.05, 4.69) is 86.8 Å². The Morgan fingerprint density at radius 3 is 1.44 bits per heavy atom. The predicted molar refractivity (Wildman–Crippen MR) is 205 cm³/mol. The summed E-state index contributed by atoms with van der Waals surface area (Å²) >= 11 is 0. The number of carbonyl (C=O) groups excluding carboxylic acids is 2. The van der Waals surface area contributed by atoms with Crippen LogP contribution in [0, 0.1) is 0 Å². The largest absolute Gasteiger partial charge is 0.462 e. The fourth-order valence-corrected chi connectivity index (χ4v) is 4.81. The van der Waals surface area contributed by atoms with Crippen molar-refractivity contribution in [1.29, 1.82) is 0 Å². The Bertz CT molecular complexity index is 937. The molecule has 0 bridgehead atoms. The molecule has 0 heterocycles. The van der Waals surface area contributed by atoms with Gasteiger partial charge in [0.1, 0.15) is 6.61 Å². The number of aliphatic hydroxyl groups excluding tert-OH is 1. The quantitative estimate of drug-likeness (QED) is 0.0429. The van der Waals surface area contributed by atoms with Crippen molar-refractivity contribution in [3.8, 4) is 0 Å². The summed E-state index contributed by atoms with van der Waals surface area (Å²) in [6.45, 7) is 3.93. The maximum Gasteiger partial charge on any atom is 0.306 e. The molecule has 0 fully saturated rings. The highest BCUT2D eigenvalue weighted by Gasteiger charge is 2.15. The zero-order valence-corrected chi connectivity index (χ0v) is 30.7. The molecule has 1 N–H and O–H groups in total. The number of rotatable bonds is 33. The number of hydrogen-bond acceptors (Lipinski definition) is 5. The SMILES string of the molecule is CC/C=C/C/C=C/C/C=C/C/C=C/C/C=C/C/C=C/CCC(=O)O[C@@H](CO)COC(=O)CCCCCCC/C=C\CCCCCCCC. The summed E-state index contributed by atoms with van der Waals surface area (Å²) in [5.74, 6) is -0.706. The summed E-state index contributed by atoms with van der Waals surface area (Å²) in [6.07, 6.45) is 52.2. The average molecular weight is 667 g/mol. The third-order valence-corrected chi connectivity index (χ3v) is 7.69. The number of allylic oxidation sites excluding steroid dienone is 14. The molecular formula is C43H70O5. The van der Waals surface area contributed by atoms with Crippen LogP contribution in [0.2, 0.25) is 0 Å². The van der Waals surface area contributed by atoms with E-state index < -0.39 is 12.1 Å². The van der Waals surface area contributed by atoms with E-state index in [1.165, 1.54) is 57.8 Å². The van der Waals surface area contributed by atoms with Gasteiger partial charge >= 0.3 is 11.9 Å². The molecule has 0 unspecified atom stereocenters. The van der Waals surface area contributed by atoms with Crippen LogP contribution in [-0.2, 0) is 19.1 Å². The second-order valence-electron chi connectivity index (χ2n) is 12.3. The van der Waals surface area contributed by atoms with Crippen LogP contribution in [0.25, 0.3) is 0 Å². The monoisotopic (exact) mass is 667 g/mol. The lowest BCUT2D eigenvalue weighted by Gasteiger charge is -2.15. The van der Waals surface area contributed by atoms with Crippen LogP contribution in [0.1, 0.15) is 155 Å². The molecule has 0 radical (unpaired) electrons. The number of hydrogen-bond donors (Lipinski definition) is 1. The fraction of sp³-hybridized carbons (Fsp3) is 0.628. The minimum Gasteiger partial charge on any atom is -0.462 e. The van der Waals surface area contributed by atoms with Crippen LogP contribution >= 0.6 is 0 Å². The molecular weight excluding hydrogens is 596 g/mol. The molecule has 0 aromatic rings. The molecule has 0 aliphatic heterocycles. The number of unbranched alkanes of at least 4 members (excludes halogenated alkanes) is 11. The van der Waals surface area contributed by atoms with E-state index in [0.717, 1.165) is 64.2 Å². The lowest BCUT2D eigenvalue weighted by Crippen LogP contribution is -2.28. The molecule has 0 saturated carbocycles. The number of aliphatic hydroxyl groups is 1. The van der Waals surface area contributed by atoms with Gasteiger partial charge < -0.3 is 14.6 Å². The molecule has 0 aliphatic rings. The van der Waals surface area contributed by atoms with E-state index in [1.54, 1.807) is 0 Å². The van der Waals surface area contributed by atoms with Crippen LogP contribution in [-0.4, -0.2) is 36.4 Å². The van der Waals surface area contributed by atoms with Gasteiger partial charge in [0.25, 0.3) is 0 Å². The summed E-state index contributed by atoms with van der Waals surface area (Å²) in [7, 11) is 0. The van der Waals surface area contributed by atoms with Crippen LogP contribution in [0.5, 0.6) is 0 Å². The molecule has 0 rings (SSSR count). The van der Waals surface area contributed by atoms with Crippen molar-refractivity contribution in [3.63, 3.8) is 0 Å². The van der Waals surface area contributed by atoms with Gasteiger partial charge in [-0.2, -0.15) is 0 Å². The van der Waals surface area contributed by atoms with Crippen LogP contribution in [0.3, 0.4) is 0 Å². The maximum atomic E-state index is 12.1. The van der Waals surface area contributed by atoms with Gasteiger partial charge in [-0.15, -0.1) is 0 Å². The predicted octanol–water partition coefficient (Wildman–Crippen LogP) is 11.9. The van der Waals surface area contributed by atoms with Crippen molar-refractivity contribution in [2.24, 2.45) is 0 Å². The third kappa shape index (κ3) is 35.9. The third-order valence-electron chi connectivity index (χ3n) is 7.69. The first-order chi connectivity index (χ1) is 23.6. The molecule has 0 saturated heterocycles. The lowest BCUT2D eigenvalue weighted by molar-refractivity contribution is -0.161. The summed E-state index contributed by atoms with van der Waals surface area (Å²) in [5.41, 5.74) is 0. The maximum absolute atomic E-state index is 12.1. The Kier molecular flexibility index (Phi) is 36.2. The van der Waals surface area contributed by atoms with Crippen LogP contribution in [0.15, 0.2) is 85.1 Å². The minimum absolute atomic E-state index is 0.105. The van der Waals surface area contributed by atoms with E-state index >= 15 is 0 Å². The number of ether oxygens (including phenoxy) is 2. The van der Waals surface area contributed by atoms with Gasteiger partial charge in [-0.3, -0.25) is 9.59 Å². The first-order valence-corrected chi connectivity index (χ1v) is 19.1. The molecule has 0 spiro atoms. The van der Waals surface area contributed by atoms with E-state index in [4.69, 9.17) is 9.47 Å². The molecule has 0 amide bonds. The van der Waals surface area contributed by atoms with Gasteiger partial charge in [0, 0.05) is 12.8 Å². The zero-order chi connectivity index (χ0) is 35.0. The van der Waals surface area contributed by atoms with Crippen LogP contribution in [0.4, 0.5) is 0 Å². The average Bonchev–Trinajstić information content (AvgIpc) is 3.09. The van der Waals surface area contributed by atoms with Gasteiger partial charge in [0.2, 0.25) is 0 Å². The van der Waals surface area contributed by atoms with E-state index in [-0.39, 0.29) is 25.6 Å². The first-order valence-electron chi connectivity index (χ1n) is 19.1. The first kappa shape index (κ1) is 45.1. The molecule has 5 nitrogen and oxygen atoms in total. The Balaban J connectivity index is 3.74. The summed E-state index contributed by atoms with van der Waals surface area (Å²) in [6, 6.07) is 0. The van der Waals surface area contributed by atoms with Crippen LogP contribution < -0.4 is 0 Å². The Hall–Kier alpha value is -2.92. The standard InChI is InChI=1S/C43H70O5/c1-3-5-7-9-11-13-15-17-19-20-21-22-24-26-28-30-32-34-36-38-43(46)48-41(39-44)40-47-42(45)37-35-33-31-29-27-25-23-18-16-14-12-10-8-6-4-2/h5,7,11,13,17-19,21-23,26,28,32,34,41,44H,3-4,6,8-10,12,14-16,20,24-25,27,29-31,33,35-40H2,1-2H3/b7-5+,13-11+,19-17+,22-21+,23-18-,28-26+,34-32+/t41-/m0/s1. The van der Waals surface area contributed by atoms with Crippen molar-refractivity contribution in [3.05, 3.63) is 85.1 Å². The van der Waals surface area contributed by atoms with E-state index in [0.29, 0.717) is 12.8 Å². The molecule has 0 aromatic carbocycles. The topological polar surface area (TPSA) is 72.8 Å². The Morgan fingerprint density at radius 2 is 0.938 bits per heavy atom. The Morgan fingerprint density at radius 1 is 0.500 bits per heavy atom. The molecule has 272 valence electrons. The summed E-state index contributed by atoms with van der Waals surface area (Å²) in [4.78, 5) is 24.2. The highest BCUT2D eigenvalue weighted by Crippen LogP contribution is 2.11. The lowest BCUT2D eigenvalue weighted by atomic mass is 10.1. The van der Waals surface area contributed by atoms with Crippen molar-refractivity contribution in [2.45, 2.75) is 161 Å². The molecule has 0 aliphatic carbocycles. The molecule has 0 aromatic heterocycles. The van der Waals surface area contributed by atoms with Gasteiger partial charge in [0.05, 0.1) is 6.61 Å². The van der Waals surface area contributed by atoms with Crippen molar-refractivity contribution < 1.29 is 24.2 Å². The second-order valence-corrected chi connectivity index (χ2v) is 12.3. The van der Waals surface area contributed by atoms with Crippen molar-refractivity contribution in [1.82, 2.24) is 0 Å². The number of carbonyl (C=O) groups is 2. The molecule has 5 heteroatoms. The van der Waals surface area contributed by atoms with Gasteiger partial charge in [-0.25, -0.2) is 0 Å². The summed E-state index contributed by atoms with van der Waals surface area (Å²) in [5, 5.41) is 9.53.